The van der Waals surface area contributed by atoms with E-state index in [1.54, 1.807) is 22.7 Å². The first kappa shape index (κ1) is 9.82. The molecule has 0 aliphatic carbocycles. The largest absolute Gasteiger partial charge is 0.144 e. The zero-order chi connectivity index (χ0) is 11.0. The summed E-state index contributed by atoms with van der Waals surface area (Å²) in [5.74, 6) is 0. The molecule has 0 saturated heterocycles. The van der Waals surface area contributed by atoms with Crippen LogP contribution in [0, 0.1) is 0 Å². The van der Waals surface area contributed by atoms with Gasteiger partial charge in [-0.1, -0.05) is 30.9 Å². The molecule has 3 rings (SSSR count). The molecule has 0 saturated carbocycles. The van der Waals surface area contributed by atoms with E-state index < -0.39 is 0 Å². The Hall–Kier alpha value is -1.38. The Balaban J connectivity index is 2.30. The molecule has 0 bridgehead atoms. The third-order valence-corrected chi connectivity index (χ3v) is 4.53. The predicted molar refractivity (Wildman–Crippen MR) is 75.2 cm³/mol. The summed E-state index contributed by atoms with van der Waals surface area (Å²) in [7, 11) is 0. The zero-order valence-electron chi connectivity index (χ0n) is 8.64. The third kappa shape index (κ3) is 1.42. The van der Waals surface area contributed by atoms with Gasteiger partial charge in [0, 0.05) is 26.1 Å². The molecule has 1 aromatic carbocycles. The van der Waals surface area contributed by atoms with Crippen LogP contribution in [0.15, 0.2) is 47.7 Å². The van der Waals surface area contributed by atoms with Crippen molar-refractivity contribution in [2.45, 2.75) is 0 Å². The second kappa shape index (κ2) is 3.89. The van der Waals surface area contributed by atoms with Gasteiger partial charge in [-0.15, -0.1) is 22.7 Å². The van der Waals surface area contributed by atoms with Gasteiger partial charge < -0.3 is 0 Å². The summed E-state index contributed by atoms with van der Waals surface area (Å²) in [6.07, 6.45) is 1.94. The molecule has 0 fully saturated rings. The molecule has 2 heteroatoms. The molecule has 0 spiro atoms. The van der Waals surface area contributed by atoms with E-state index in [-0.39, 0.29) is 0 Å². The normalized spacial score (nSPS) is 10.8. The Morgan fingerprint density at radius 2 is 1.88 bits per heavy atom. The summed E-state index contributed by atoms with van der Waals surface area (Å²) in [6.45, 7) is 3.87. The van der Waals surface area contributed by atoms with Crippen molar-refractivity contribution in [3.05, 3.63) is 52.5 Å². The summed E-state index contributed by atoms with van der Waals surface area (Å²) in [4.78, 5) is 1.25. The van der Waals surface area contributed by atoms with Crippen LogP contribution in [0.4, 0.5) is 0 Å². The van der Waals surface area contributed by atoms with Crippen LogP contribution in [-0.2, 0) is 0 Å². The second-order valence-corrected chi connectivity index (χ2v) is 5.41. The lowest BCUT2D eigenvalue weighted by molar-refractivity contribution is 1.81. The summed E-state index contributed by atoms with van der Waals surface area (Å²) in [6, 6.07) is 10.7. The molecule has 0 aliphatic heterocycles. The standard InChI is InChI=1S/C14H10S2/c1-2-13-11(7-8-15-13)12-9-16-14-6-4-3-5-10(12)14/h2-9H,1H2. The van der Waals surface area contributed by atoms with Crippen molar-refractivity contribution < 1.29 is 0 Å². The van der Waals surface area contributed by atoms with E-state index in [4.69, 9.17) is 0 Å². The molecule has 78 valence electrons. The minimum absolute atomic E-state index is 1.25. The van der Waals surface area contributed by atoms with Crippen molar-refractivity contribution in [3.63, 3.8) is 0 Å². The minimum Gasteiger partial charge on any atom is -0.144 e. The van der Waals surface area contributed by atoms with Crippen LogP contribution in [0.2, 0.25) is 0 Å². The molecule has 0 amide bonds. The number of thiophene rings is 2. The lowest BCUT2D eigenvalue weighted by Crippen LogP contribution is -1.73. The van der Waals surface area contributed by atoms with Crippen molar-refractivity contribution in [1.82, 2.24) is 0 Å². The second-order valence-electron chi connectivity index (χ2n) is 3.55. The molecule has 16 heavy (non-hydrogen) atoms. The molecular weight excluding hydrogens is 232 g/mol. The van der Waals surface area contributed by atoms with Crippen LogP contribution in [-0.4, -0.2) is 0 Å². The van der Waals surface area contributed by atoms with Gasteiger partial charge in [0.25, 0.3) is 0 Å². The zero-order valence-corrected chi connectivity index (χ0v) is 10.3. The Labute approximate surface area is 102 Å². The number of hydrogen-bond donors (Lipinski definition) is 0. The van der Waals surface area contributed by atoms with E-state index in [9.17, 15) is 0 Å². The maximum Gasteiger partial charge on any atom is 0.0349 e. The Morgan fingerprint density at radius 3 is 2.75 bits per heavy atom. The molecule has 2 heterocycles. The van der Waals surface area contributed by atoms with Gasteiger partial charge in [-0.2, -0.15) is 0 Å². The fourth-order valence-corrected chi connectivity index (χ4v) is 3.60. The van der Waals surface area contributed by atoms with Crippen molar-refractivity contribution in [3.8, 4) is 11.1 Å². The molecule has 0 atom stereocenters. The lowest BCUT2D eigenvalue weighted by atomic mass is 10.1. The highest BCUT2D eigenvalue weighted by atomic mass is 32.1. The number of fused-ring (bicyclic) bond motifs is 1. The van der Waals surface area contributed by atoms with Crippen molar-refractivity contribution in [2.75, 3.05) is 0 Å². The van der Waals surface area contributed by atoms with Crippen molar-refractivity contribution in [1.29, 1.82) is 0 Å². The topological polar surface area (TPSA) is 0 Å². The van der Waals surface area contributed by atoms with E-state index in [0.717, 1.165) is 0 Å². The lowest BCUT2D eigenvalue weighted by Gasteiger charge is -1.98. The Kier molecular flexibility index (Phi) is 2.39. The van der Waals surface area contributed by atoms with Gasteiger partial charge in [-0.05, 0) is 22.9 Å². The molecular formula is C14H10S2. The molecule has 2 aromatic heterocycles. The summed E-state index contributed by atoms with van der Waals surface area (Å²) in [5, 5.41) is 5.70. The molecule has 3 aromatic rings. The minimum atomic E-state index is 1.25. The highest BCUT2D eigenvalue weighted by Crippen LogP contribution is 2.37. The van der Waals surface area contributed by atoms with Crippen LogP contribution >= 0.6 is 22.7 Å². The fraction of sp³-hybridized carbons (Fsp3) is 0. The summed E-state index contributed by atoms with van der Waals surface area (Å²) >= 11 is 3.54. The van der Waals surface area contributed by atoms with Gasteiger partial charge in [-0.25, -0.2) is 0 Å². The van der Waals surface area contributed by atoms with Gasteiger partial charge in [0.15, 0.2) is 0 Å². The quantitative estimate of drug-likeness (QED) is 0.574. The Bertz CT molecular complexity index is 643. The van der Waals surface area contributed by atoms with E-state index in [0.29, 0.717) is 0 Å². The molecule has 0 aliphatic rings. The monoisotopic (exact) mass is 242 g/mol. The van der Waals surface area contributed by atoms with Crippen LogP contribution in [0.5, 0.6) is 0 Å². The fourth-order valence-electron chi connectivity index (χ4n) is 1.89. The van der Waals surface area contributed by atoms with Crippen LogP contribution in [0.3, 0.4) is 0 Å². The Morgan fingerprint density at radius 1 is 1.00 bits per heavy atom. The number of hydrogen-bond acceptors (Lipinski definition) is 2. The first-order valence-electron chi connectivity index (χ1n) is 5.06. The van der Waals surface area contributed by atoms with Crippen molar-refractivity contribution in [2.24, 2.45) is 0 Å². The summed E-state index contributed by atoms with van der Waals surface area (Å²) in [5.41, 5.74) is 2.63. The average Bonchev–Trinajstić information content (AvgIpc) is 2.94. The van der Waals surface area contributed by atoms with Gasteiger partial charge in [0.2, 0.25) is 0 Å². The van der Waals surface area contributed by atoms with E-state index >= 15 is 0 Å². The van der Waals surface area contributed by atoms with Gasteiger partial charge in [-0.3, -0.25) is 0 Å². The van der Waals surface area contributed by atoms with E-state index in [1.807, 2.05) is 6.08 Å². The number of rotatable bonds is 2. The highest BCUT2D eigenvalue weighted by molar-refractivity contribution is 7.17. The first-order chi connectivity index (χ1) is 7.90. The van der Waals surface area contributed by atoms with Crippen molar-refractivity contribution >= 4 is 38.8 Å². The highest BCUT2D eigenvalue weighted by Gasteiger charge is 2.09. The molecule has 0 radical (unpaired) electrons. The SMILES string of the molecule is C=Cc1sccc1-c1csc2ccccc12. The van der Waals surface area contributed by atoms with Gasteiger partial charge >= 0.3 is 0 Å². The maximum atomic E-state index is 3.87. The van der Waals surface area contributed by atoms with E-state index in [1.165, 1.54) is 26.1 Å². The van der Waals surface area contributed by atoms with Crippen LogP contribution < -0.4 is 0 Å². The third-order valence-electron chi connectivity index (χ3n) is 2.65. The summed E-state index contributed by atoms with van der Waals surface area (Å²) < 4.78 is 1.35. The smallest absolute Gasteiger partial charge is 0.0349 e. The molecule has 0 unspecified atom stereocenters. The number of benzene rings is 1. The maximum absolute atomic E-state index is 3.87. The molecule has 0 N–H and O–H groups in total. The van der Waals surface area contributed by atoms with Crippen LogP contribution in [0.1, 0.15) is 4.88 Å². The first-order valence-corrected chi connectivity index (χ1v) is 6.82. The predicted octanol–water partition coefficient (Wildman–Crippen LogP) is 5.27. The molecule has 0 nitrogen and oxygen atoms in total. The van der Waals surface area contributed by atoms with Crippen LogP contribution in [0.25, 0.3) is 27.3 Å². The average molecular weight is 242 g/mol. The van der Waals surface area contributed by atoms with E-state index in [2.05, 4.69) is 47.7 Å². The van der Waals surface area contributed by atoms with Gasteiger partial charge in [0.05, 0.1) is 0 Å². The van der Waals surface area contributed by atoms with Gasteiger partial charge in [0.1, 0.15) is 0 Å².